The second-order valence-corrected chi connectivity index (χ2v) is 2.49. The second-order valence-electron chi connectivity index (χ2n) is 2.49. The van der Waals surface area contributed by atoms with Crippen LogP contribution in [0.5, 0.6) is 0 Å². The second kappa shape index (κ2) is 3.86. The van der Waals surface area contributed by atoms with Crippen LogP contribution in [0.3, 0.4) is 0 Å². The summed E-state index contributed by atoms with van der Waals surface area (Å²) in [6, 6.07) is 1.65. The summed E-state index contributed by atoms with van der Waals surface area (Å²) in [7, 11) is 0. The lowest BCUT2D eigenvalue weighted by atomic mass is 10.1. The normalized spacial score (nSPS) is 12.1. The van der Waals surface area contributed by atoms with Crippen molar-refractivity contribution in [3.05, 3.63) is 29.6 Å². The van der Waals surface area contributed by atoms with Gasteiger partial charge in [0.15, 0.2) is 0 Å². The van der Waals surface area contributed by atoms with Gasteiger partial charge in [0.2, 0.25) is 0 Å². The van der Waals surface area contributed by atoms with E-state index in [0.717, 1.165) is 11.1 Å². The van der Waals surface area contributed by atoms with E-state index in [0.29, 0.717) is 6.54 Å². The number of pyridine rings is 1. The lowest BCUT2D eigenvalue weighted by Gasteiger charge is -2.07. The molecule has 12 heavy (non-hydrogen) atoms. The van der Waals surface area contributed by atoms with Gasteiger partial charge >= 0.3 is 0 Å². The van der Waals surface area contributed by atoms with Crippen LogP contribution in [0.1, 0.15) is 17.2 Å². The van der Waals surface area contributed by atoms with Gasteiger partial charge in [0.1, 0.15) is 0 Å². The molecule has 0 fully saturated rings. The van der Waals surface area contributed by atoms with Crippen LogP contribution in [-0.2, 0) is 0 Å². The molecule has 3 nitrogen and oxygen atoms in total. The van der Waals surface area contributed by atoms with Crippen molar-refractivity contribution < 1.29 is 0 Å². The van der Waals surface area contributed by atoms with E-state index in [1.165, 1.54) is 0 Å². The highest BCUT2D eigenvalue weighted by atomic mass is 14.7. The standard InChI is InChI=1S/C9H11N3/c1-2-7-3-8(6-12-5-7)9(11)4-10/h1,3,5-6,9H,4,10-11H2/t9-/m1/s1. The minimum absolute atomic E-state index is 0.175. The van der Waals surface area contributed by atoms with E-state index in [1.54, 1.807) is 12.4 Å². The average Bonchev–Trinajstić information content (AvgIpc) is 2.17. The Bertz CT molecular complexity index is 301. The van der Waals surface area contributed by atoms with Gasteiger partial charge in [-0.25, -0.2) is 0 Å². The van der Waals surface area contributed by atoms with Gasteiger partial charge in [0, 0.05) is 30.5 Å². The first-order valence-corrected chi connectivity index (χ1v) is 3.65. The van der Waals surface area contributed by atoms with Crippen LogP contribution >= 0.6 is 0 Å². The Balaban J connectivity index is 2.95. The molecule has 0 aliphatic carbocycles. The summed E-state index contributed by atoms with van der Waals surface area (Å²) in [6.45, 7) is 0.399. The minimum atomic E-state index is -0.175. The molecular formula is C9H11N3. The molecule has 0 saturated carbocycles. The molecule has 0 unspecified atom stereocenters. The average molecular weight is 161 g/mol. The molecule has 0 amide bonds. The SMILES string of the molecule is C#Cc1cncc([C@H](N)CN)c1. The van der Waals surface area contributed by atoms with Crippen molar-refractivity contribution in [3.63, 3.8) is 0 Å². The highest BCUT2D eigenvalue weighted by Gasteiger charge is 2.03. The molecule has 4 N–H and O–H groups in total. The molecule has 1 atom stereocenters. The summed E-state index contributed by atoms with van der Waals surface area (Å²) in [5.74, 6) is 2.49. The number of rotatable bonds is 2. The van der Waals surface area contributed by atoms with Crippen molar-refractivity contribution in [2.24, 2.45) is 11.5 Å². The number of nitrogens with two attached hydrogens (primary N) is 2. The van der Waals surface area contributed by atoms with E-state index in [1.807, 2.05) is 6.07 Å². The molecule has 0 bridgehead atoms. The van der Waals surface area contributed by atoms with E-state index in [2.05, 4.69) is 10.9 Å². The molecule has 0 saturated heterocycles. The maximum Gasteiger partial charge on any atom is 0.0435 e. The zero-order valence-corrected chi connectivity index (χ0v) is 6.70. The largest absolute Gasteiger partial charge is 0.329 e. The highest BCUT2D eigenvalue weighted by Crippen LogP contribution is 2.08. The van der Waals surface area contributed by atoms with Crippen LogP contribution in [0.25, 0.3) is 0 Å². The topological polar surface area (TPSA) is 64.9 Å². The Labute approximate surface area is 71.8 Å². The molecule has 1 heterocycles. The highest BCUT2D eigenvalue weighted by molar-refractivity contribution is 5.33. The summed E-state index contributed by atoms with van der Waals surface area (Å²) >= 11 is 0. The van der Waals surface area contributed by atoms with Gasteiger partial charge in [-0.15, -0.1) is 6.42 Å². The Morgan fingerprint density at radius 3 is 2.92 bits per heavy atom. The lowest BCUT2D eigenvalue weighted by Crippen LogP contribution is -2.20. The zero-order valence-electron chi connectivity index (χ0n) is 6.70. The molecule has 0 radical (unpaired) electrons. The smallest absolute Gasteiger partial charge is 0.0435 e. The maximum atomic E-state index is 5.68. The first-order valence-electron chi connectivity index (χ1n) is 3.65. The van der Waals surface area contributed by atoms with Gasteiger partial charge < -0.3 is 11.5 Å². The van der Waals surface area contributed by atoms with Crippen molar-refractivity contribution in [3.8, 4) is 12.3 Å². The first-order chi connectivity index (χ1) is 5.77. The van der Waals surface area contributed by atoms with E-state index in [9.17, 15) is 0 Å². The third-order valence-electron chi connectivity index (χ3n) is 1.61. The van der Waals surface area contributed by atoms with E-state index >= 15 is 0 Å². The van der Waals surface area contributed by atoms with Crippen LogP contribution in [0.15, 0.2) is 18.5 Å². The molecule has 3 heteroatoms. The Kier molecular flexibility index (Phi) is 2.81. The number of nitrogens with zero attached hydrogens (tertiary/aromatic N) is 1. The quantitative estimate of drug-likeness (QED) is 0.601. The van der Waals surface area contributed by atoms with E-state index in [4.69, 9.17) is 17.9 Å². The fourth-order valence-corrected chi connectivity index (χ4v) is 0.876. The van der Waals surface area contributed by atoms with E-state index in [-0.39, 0.29) is 6.04 Å². The molecule has 1 aromatic rings. The number of terminal acetylenes is 1. The fourth-order valence-electron chi connectivity index (χ4n) is 0.876. The van der Waals surface area contributed by atoms with E-state index < -0.39 is 0 Å². The van der Waals surface area contributed by atoms with Crippen LogP contribution in [0.2, 0.25) is 0 Å². The maximum absolute atomic E-state index is 5.68. The van der Waals surface area contributed by atoms with Gasteiger partial charge in [-0.1, -0.05) is 5.92 Å². The van der Waals surface area contributed by atoms with Crippen LogP contribution < -0.4 is 11.5 Å². The van der Waals surface area contributed by atoms with Gasteiger partial charge in [0.05, 0.1) is 0 Å². The number of hydrogen-bond donors (Lipinski definition) is 2. The van der Waals surface area contributed by atoms with Gasteiger partial charge in [-0.05, 0) is 11.6 Å². The molecule has 0 spiro atoms. The van der Waals surface area contributed by atoms with Crippen molar-refractivity contribution in [2.45, 2.75) is 6.04 Å². The third-order valence-corrected chi connectivity index (χ3v) is 1.61. The molecule has 1 rings (SSSR count). The van der Waals surface area contributed by atoms with Crippen LogP contribution in [-0.4, -0.2) is 11.5 Å². The van der Waals surface area contributed by atoms with Crippen molar-refractivity contribution in [1.82, 2.24) is 4.98 Å². The van der Waals surface area contributed by atoms with Crippen molar-refractivity contribution in [1.29, 1.82) is 0 Å². The lowest BCUT2D eigenvalue weighted by molar-refractivity contribution is 0.732. The zero-order chi connectivity index (χ0) is 8.97. The third kappa shape index (κ3) is 1.82. The molecule has 0 aromatic carbocycles. The summed E-state index contributed by atoms with van der Waals surface area (Å²) in [5.41, 5.74) is 12.7. The van der Waals surface area contributed by atoms with Gasteiger partial charge in [-0.2, -0.15) is 0 Å². The molecule has 0 aliphatic heterocycles. The molecule has 1 aromatic heterocycles. The fraction of sp³-hybridized carbons (Fsp3) is 0.222. The predicted molar refractivity (Wildman–Crippen MR) is 48.2 cm³/mol. The van der Waals surface area contributed by atoms with Crippen molar-refractivity contribution >= 4 is 0 Å². The summed E-state index contributed by atoms with van der Waals surface area (Å²) in [6.07, 6.45) is 8.49. The molecular weight excluding hydrogens is 150 g/mol. The van der Waals surface area contributed by atoms with Crippen LogP contribution in [0, 0.1) is 12.3 Å². The summed E-state index contributed by atoms with van der Waals surface area (Å²) in [4.78, 5) is 3.95. The Morgan fingerprint density at radius 2 is 2.33 bits per heavy atom. The predicted octanol–water partition coefficient (Wildman–Crippen LogP) is 0.0214. The summed E-state index contributed by atoms with van der Waals surface area (Å²) < 4.78 is 0. The van der Waals surface area contributed by atoms with Crippen LogP contribution in [0.4, 0.5) is 0 Å². The van der Waals surface area contributed by atoms with Gasteiger partial charge in [0.25, 0.3) is 0 Å². The molecule has 62 valence electrons. The van der Waals surface area contributed by atoms with Gasteiger partial charge in [-0.3, -0.25) is 4.98 Å². The number of aromatic nitrogens is 1. The monoisotopic (exact) mass is 161 g/mol. The summed E-state index contributed by atoms with van der Waals surface area (Å²) in [5, 5.41) is 0. The minimum Gasteiger partial charge on any atom is -0.329 e. The number of hydrogen-bond acceptors (Lipinski definition) is 3. The Hall–Kier alpha value is -1.37. The Morgan fingerprint density at radius 1 is 1.58 bits per heavy atom. The first kappa shape index (κ1) is 8.72. The van der Waals surface area contributed by atoms with Crippen molar-refractivity contribution in [2.75, 3.05) is 6.54 Å². The molecule has 0 aliphatic rings.